The lowest BCUT2D eigenvalue weighted by atomic mass is 10.2. The molecule has 0 radical (unpaired) electrons. The molecule has 1 aromatic carbocycles. The second kappa shape index (κ2) is 4.44. The Morgan fingerprint density at radius 3 is 2.64 bits per heavy atom. The largest absolute Gasteiger partial charge is 0.298 e. The first-order chi connectivity index (χ1) is 6.29. The summed E-state index contributed by atoms with van der Waals surface area (Å²) in [6.45, 7) is 3.10. The first kappa shape index (κ1) is 11.0. The van der Waals surface area contributed by atoms with Crippen LogP contribution in [0.25, 0.3) is 0 Å². The fourth-order valence-corrected chi connectivity index (χ4v) is 1.54. The molecule has 2 rings (SSSR count). The Bertz CT molecular complexity index is 341. The molecular formula is C10H13ClN2O. The highest BCUT2D eigenvalue weighted by Gasteiger charge is 2.21. The number of benzene rings is 1. The lowest BCUT2D eigenvalue weighted by molar-refractivity contribution is -0.116. The molecule has 1 aliphatic heterocycles. The zero-order valence-corrected chi connectivity index (χ0v) is 8.80. The van der Waals surface area contributed by atoms with Crippen LogP contribution in [0, 0.1) is 6.92 Å². The number of halogens is 1. The third-order valence-corrected chi connectivity index (χ3v) is 2.25. The summed E-state index contributed by atoms with van der Waals surface area (Å²) in [6, 6.07) is 7.92. The standard InChI is InChI=1S/C10H12N2O.ClH/c1-8-4-2-3-5-9(8)12-7-11-6-10(12)13;/h2-5,11H,6-7H2,1H3;1H. The number of nitrogens with one attached hydrogen (secondary N) is 1. The van der Waals surface area contributed by atoms with Crippen molar-refractivity contribution < 1.29 is 4.79 Å². The Kier molecular flexibility index (Phi) is 3.49. The van der Waals surface area contributed by atoms with Gasteiger partial charge in [0.05, 0.1) is 13.2 Å². The van der Waals surface area contributed by atoms with E-state index in [1.165, 1.54) is 0 Å². The maximum atomic E-state index is 11.4. The highest BCUT2D eigenvalue weighted by Crippen LogP contribution is 2.19. The van der Waals surface area contributed by atoms with Gasteiger partial charge >= 0.3 is 0 Å². The summed E-state index contributed by atoms with van der Waals surface area (Å²) in [5, 5.41) is 3.02. The Balaban J connectivity index is 0.000000980. The summed E-state index contributed by atoms with van der Waals surface area (Å²) >= 11 is 0. The molecule has 1 aliphatic rings. The molecule has 1 heterocycles. The first-order valence-electron chi connectivity index (χ1n) is 4.36. The monoisotopic (exact) mass is 212 g/mol. The molecule has 0 spiro atoms. The Labute approximate surface area is 89.5 Å². The molecule has 1 N–H and O–H groups in total. The second-order valence-corrected chi connectivity index (χ2v) is 3.19. The number of hydrogen-bond acceptors (Lipinski definition) is 2. The summed E-state index contributed by atoms with van der Waals surface area (Å²) in [7, 11) is 0. The summed E-state index contributed by atoms with van der Waals surface area (Å²) < 4.78 is 0. The van der Waals surface area contributed by atoms with Crippen LogP contribution in [0.5, 0.6) is 0 Å². The molecule has 0 bridgehead atoms. The molecule has 0 aliphatic carbocycles. The normalized spacial score (nSPS) is 15.5. The molecule has 4 heteroatoms. The van der Waals surface area contributed by atoms with Gasteiger partial charge in [0.15, 0.2) is 0 Å². The van der Waals surface area contributed by atoms with Crippen LogP contribution in [-0.2, 0) is 4.79 Å². The van der Waals surface area contributed by atoms with E-state index in [0.29, 0.717) is 13.2 Å². The molecule has 14 heavy (non-hydrogen) atoms. The maximum Gasteiger partial charge on any atom is 0.242 e. The van der Waals surface area contributed by atoms with Gasteiger partial charge in [0, 0.05) is 5.69 Å². The van der Waals surface area contributed by atoms with Crippen molar-refractivity contribution in [2.24, 2.45) is 0 Å². The molecular weight excluding hydrogens is 200 g/mol. The summed E-state index contributed by atoms with van der Waals surface area (Å²) in [5.41, 5.74) is 2.15. The fourth-order valence-electron chi connectivity index (χ4n) is 1.54. The van der Waals surface area contributed by atoms with Gasteiger partial charge in [0.1, 0.15) is 0 Å². The number of hydrogen-bond donors (Lipinski definition) is 1. The zero-order chi connectivity index (χ0) is 9.26. The molecule has 0 atom stereocenters. The van der Waals surface area contributed by atoms with Gasteiger partial charge in [-0.25, -0.2) is 0 Å². The van der Waals surface area contributed by atoms with Crippen LogP contribution in [-0.4, -0.2) is 19.1 Å². The summed E-state index contributed by atoms with van der Waals surface area (Å²) in [6.07, 6.45) is 0. The quantitative estimate of drug-likeness (QED) is 0.762. The van der Waals surface area contributed by atoms with Crippen molar-refractivity contribution in [1.82, 2.24) is 5.32 Å². The van der Waals surface area contributed by atoms with Crippen LogP contribution < -0.4 is 10.2 Å². The topological polar surface area (TPSA) is 32.3 Å². The number of carbonyl (C=O) groups is 1. The predicted molar refractivity (Wildman–Crippen MR) is 58.8 cm³/mol. The molecule has 1 aromatic rings. The molecule has 3 nitrogen and oxygen atoms in total. The van der Waals surface area contributed by atoms with E-state index in [-0.39, 0.29) is 18.3 Å². The van der Waals surface area contributed by atoms with Crippen LogP contribution in [0.3, 0.4) is 0 Å². The van der Waals surface area contributed by atoms with E-state index >= 15 is 0 Å². The van der Waals surface area contributed by atoms with Crippen LogP contribution in [0.15, 0.2) is 24.3 Å². The number of nitrogens with zero attached hydrogens (tertiary/aromatic N) is 1. The molecule has 0 saturated carbocycles. The van der Waals surface area contributed by atoms with Crippen molar-refractivity contribution in [2.45, 2.75) is 6.92 Å². The van der Waals surface area contributed by atoms with Gasteiger partial charge < -0.3 is 0 Å². The second-order valence-electron chi connectivity index (χ2n) is 3.19. The van der Waals surface area contributed by atoms with E-state index in [0.717, 1.165) is 11.3 Å². The number of anilines is 1. The van der Waals surface area contributed by atoms with Crippen LogP contribution in [0.2, 0.25) is 0 Å². The van der Waals surface area contributed by atoms with Crippen LogP contribution >= 0.6 is 12.4 Å². The highest BCUT2D eigenvalue weighted by atomic mass is 35.5. The molecule has 1 saturated heterocycles. The average molecular weight is 213 g/mol. The van der Waals surface area contributed by atoms with E-state index in [2.05, 4.69) is 5.32 Å². The Morgan fingerprint density at radius 1 is 1.36 bits per heavy atom. The molecule has 0 aromatic heterocycles. The summed E-state index contributed by atoms with van der Waals surface area (Å²) in [5.74, 6) is 0.148. The van der Waals surface area contributed by atoms with Gasteiger partial charge in [-0.15, -0.1) is 12.4 Å². The third-order valence-electron chi connectivity index (χ3n) is 2.25. The number of para-hydroxylation sites is 1. The van der Waals surface area contributed by atoms with Crippen LogP contribution in [0.1, 0.15) is 5.56 Å². The lowest BCUT2D eigenvalue weighted by Crippen LogP contribution is -2.26. The van der Waals surface area contributed by atoms with Gasteiger partial charge in [-0.2, -0.15) is 0 Å². The molecule has 1 fully saturated rings. The molecule has 76 valence electrons. The van der Waals surface area contributed by atoms with Crippen LogP contribution in [0.4, 0.5) is 5.69 Å². The van der Waals surface area contributed by atoms with E-state index in [1.807, 2.05) is 31.2 Å². The van der Waals surface area contributed by atoms with Gasteiger partial charge in [0.25, 0.3) is 0 Å². The van der Waals surface area contributed by atoms with Crippen molar-refractivity contribution >= 4 is 24.0 Å². The number of carbonyl (C=O) groups excluding carboxylic acids is 1. The predicted octanol–water partition coefficient (Wildman–Crippen LogP) is 1.31. The molecule has 1 amide bonds. The van der Waals surface area contributed by atoms with E-state index in [4.69, 9.17) is 0 Å². The fraction of sp³-hybridized carbons (Fsp3) is 0.300. The van der Waals surface area contributed by atoms with Gasteiger partial charge in [-0.3, -0.25) is 15.0 Å². The van der Waals surface area contributed by atoms with Crippen molar-refractivity contribution in [1.29, 1.82) is 0 Å². The number of aryl methyl sites for hydroxylation is 1. The number of rotatable bonds is 1. The van der Waals surface area contributed by atoms with E-state index in [1.54, 1.807) is 4.90 Å². The zero-order valence-electron chi connectivity index (χ0n) is 7.99. The molecule has 0 unspecified atom stereocenters. The minimum Gasteiger partial charge on any atom is -0.298 e. The SMILES string of the molecule is Cc1ccccc1N1CNCC1=O.Cl. The van der Waals surface area contributed by atoms with Crippen molar-refractivity contribution in [3.63, 3.8) is 0 Å². The third kappa shape index (κ3) is 1.89. The van der Waals surface area contributed by atoms with Crippen molar-refractivity contribution in [2.75, 3.05) is 18.1 Å². The Hall–Kier alpha value is -1.06. The minimum absolute atomic E-state index is 0. The smallest absolute Gasteiger partial charge is 0.242 e. The van der Waals surface area contributed by atoms with E-state index in [9.17, 15) is 4.79 Å². The average Bonchev–Trinajstić information content (AvgIpc) is 2.52. The van der Waals surface area contributed by atoms with Crippen molar-refractivity contribution in [3.05, 3.63) is 29.8 Å². The minimum atomic E-state index is 0. The highest BCUT2D eigenvalue weighted by molar-refractivity contribution is 5.97. The van der Waals surface area contributed by atoms with Gasteiger partial charge in [0.2, 0.25) is 5.91 Å². The number of amides is 1. The maximum absolute atomic E-state index is 11.4. The first-order valence-corrected chi connectivity index (χ1v) is 4.36. The Morgan fingerprint density at radius 2 is 2.07 bits per heavy atom. The van der Waals surface area contributed by atoms with E-state index < -0.39 is 0 Å². The summed E-state index contributed by atoms with van der Waals surface area (Å²) in [4.78, 5) is 13.2. The van der Waals surface area contributed by atoms with Crippen molar-refractivity contribution in [3.8, 4) is 0 Å². The van der Waals surface area contributed by atoms with Gasteiger partial charge in [-0.05, 0) is 18.6 Å². The van der Waals surface area contributed by atoms with Gasteiger partial charge in [-0.1, -0.05) is 18.2 Å². The lowest BCUT2D eigenvalue weighted by Gasteiger charge is -2.16.